The predicted octanol–water partition coefficient (Wildman–Crippen LogP) is 2.37. The van der Waals surface area contributed by atoms with E-state index in [4.69, 9.17) is 4.42 Å². The monoisotopic (exact) mass is 374 g/mol. The minimum absolute atomic E-state index is 0.0117. The minimum Gasteiger partial charge on any atom is -0.444 e. The van der Waals surface area contributed by atoms with E-state index in [9.17, 15) is 4.79 Å². The van der Waals surface area contributed by atoms with Crippen LogP contribution in [0, 0.1) is 6.92 Å². The molecule has 0 unspecified atom stereocenters. The fourth-order valence-electron chi connectivity index (χ4n) is 3.51. The van der Waals surface area contributed by atoms with Crippen LogP contribution in [0.25, 0.3) is 22.2 Å². The fraction of sp³-hybridized carbons (Fsp3) is 0.250. The number of carbonyl (C=O) groups is 1. The standard InChI is InChI=1S/C20H18N6O2/c1-13-10-25-4-5-26(11-19(25)23-13)20(27)7-18-22-8-15-3-2-14(6-16(15)24-18)17-9-21-12-28-17/h2-3,6,8-10,12H,4-5,7,11H2,1H3. The molecule has 0 N–H and O–H groups in total. The zero-order chi connectivity index (χ0) is 19.1. The lowest BCUT2D eigenvalue weighted by Crippen LogP contribution is -2.39. The van der Waals surface area contributed by atoms with Gasteiger partial charge in [-0.05, 0) is 13.0 Å². The van der Waals surface area contributed by atoms with E-state index < -0.39 is 0 Å². The van der Waals surface area contributed by atoms with Crippen molar-refractivity contribution in [1.82, 2.24) is 29.4 Å². The van der Waals surface area contributed by atoms with E-state index in [2.05, 4.69) is 24.5 Å². The number of aromatic nitrogens is 5. The van der Waals surface area contributed by atoms with E-state index in [1.54, 1.807) is 12.4 Å². The number of rotatable bonds is 3. The largest absolute Gasteiger partial charge is 0.444 e. The summed E-state index contributed by atoms with van der Waals surface area (Å²) in [5.41, 5.74) is 2.64. The summed E-state index contributed by atoms with van der Waals surface area (Å²) < 4.78 is 7.46. The minimum atomic E-state index is 0.0117. The first-order valence-electron chi connectivity index (χ1n) is 9.11. The molecule has 4 aromatic rings. The Labute approximate surface area is 160 Å². The third-order valence-corrected chi connectivity index (χ3v) is 4.93. The molecule has 0 radical (unpaired) electrons. The average Bonchev–Trinajstić information content (AvgIpc) is 3.35. The van der Waals surface area contributed by atoms with Crippen LogP contribution in [0.2, 0.25) is 0 Å². The van der Waals surface area contributed by atoms with Crippen molar-refractivity contribution >= 4 is 16.8 Å². The van der Waals surface area contributed by atoms with Crippen LogP contribution < -0.4 is 0 Å². The number of hydrogen-bond donors (Lipinski definition) is 0. The van der Waals surface area contributed by atoms with Crippen LogP contribution >= 0.6 is 0 Å². The Morgan fingerprint density at radius 3 is 3.00 bits per heavy atom. The summed E-state index contributed by atoms with van der Waals surface area (Å²) in [6.07, 6.45) is 7.00. The molecule has 1 aliphatic heterocycles. The highest BCUT2D eigenvalue weighted by atomic mass is 16.3. The molecule has 8 nitrogen and oxygen atoms in total. The lowest BCUT2D eigenvalue weighted by molar-refractivity contribution is -0.132. The van der Waals surface area contributed by atoms with Gasteiger partial charge in [0.05, 0.1) is 30.4 Å². The molecule has 0 saturated carbocycles. The van der Waals surface area contributed by atoms with Crippen LogP contribution in [-0.4, -0.2) is 41.9 Å². The number of aryl methyl sites for hydroxylation is 1. The fourth-order valence-corrected chi connectivity index (χ4v) is 3.51. The van der Waals surface area contributed by atoms with E-state index in [0.29, 0.717) is 24.7 Å². The molecule has 0 aliphatic carbocycles. The van der Waals surface area contributed by atoms with Crippen LogP contribution in [0.15, 0.2) is 47.6 Å². The number of oxazole rings is 1. The van der Waals surface area contributed by atoms with Crippen molar-refractivity contribution in [3.05, 3.63) is 60.5 Å². The molecular weight excluding hydrogens is 356 g/mol. The molecule has 3 aromatic heterocycles. The second kappa shape index (κ2) is 6.56. The van der Waals surface area contributed by atoms with E-state index in [1.165, 1.54) is 6.39 Å². The van der Waals surface area contributed by atoms with Crippen molar-refractivity contribution in [2.75, 3.05) is 6.54 Å². The average molecular weight is 374 g/mol. The van der Waals surface area contributed by atoms with Gasteiger partial charge in [-0.2, -0.15) is 0 Å². The van der Waals surface area contributed by atoms with Crippen LogP contribution in [0.5, 0.6) is 0 Å². The van der Waals surface area contributed by atoms with Gasteiger partial charge in [0.1, 0.15) is 11.6 Å². The molecule has 0 fully saturated rings. The molecule has 8 heteroatoms. The molecule has 0 atom stereocenters. The van der Waals surface area contributed by atoms with Crippen molar-refractivity contribution in [2.24, 2.45) is 0 Å². The maximum atomic E-state index is 12.8. The van der Waals surface area contributed by atoms with Gasteiger partial charge in [0.25, 0.3) is 0 Å². The molecule has 5 rings (SSSR count). The number of fused-ring (bicyclic) bond motifs is 2. The highest BCUT2D eigenvalue weighted by molar-refractivity contribution is 5.83. The third-order valence-electron chi connectivity index (χ3n) is 4.93. The van der Waals surface area contributed by atoms with E-state index in [1.807, 2.05) is 36.2 Å². The molecule has 28 heavy (non-hydrogen) atoms. The summed E-state index contributed by atoms with van der Waals surface area (Å²) >= 11 is 0. The highest BCUT2D eigenvalue weighted by Gasteiger charge is 2.22. The molecule has 140 valence electrons. The number of amides is 1. The number of benzene rings is 1. The Kier molecular flexibility index (Phi) is 3.89. The van der Waals surface area contributed by atoms with E-state index in [-0.39, 0.29) is 12.3 Å². The normalized spacial score (nSPS) is 13.7. The van der Waals surface area contributed by atoms with Gasteiger partial charge in [-0.1, -0.05) is 12.1 Å². The van der Waals surface area contributed by atoms with Crippen LogP contribution in [0.3, 0.4) is 0 Å². The molecule has 0 bridgehead atoms. The molecular formula is C20H18N6O2. The number of nitrogens with zero attached hydrogens (tertiary/aromatic N) is 6. The number of imidazole rings is 1. The Morgan fingerprint density at radius 2 is 2.14 bits per heavy atom. The van der Waals surface area contributed by atoms with Crippen LogP contribution in [0.4, 0.5) is 0 Å². The van der Waals surface area contributed by atoms with Gasteiger partial charge in [0.15, 0.2) is 12.2 Å². The molecule has 4 heterocycles. The van der Waals surface area contributed by atoms with Crippen LogP contribution in [-0.2, 0) is 24.3 Å². The first-order valence-corrected chi connectivity index (χ1v) is 9.11. The van der Waals surface area contributed by atoms with E-state index >= 15 is 0 Å². The van der Waals surface area contributed by atoms with Gasteiger partial charge in [0, 0.05) is 36.4 Å². The lowest BCUT2D eigenvalue weighted by atomic mass is 10.1. The lowest BCUT2D eigenvalue weighted by Gasteiger charge is -2.27. The molecule has 1 aliphatic rings. The summed E-state index contributed by atoms with van der Waals surface area (Å²) in [7, 11) is 0. The van der Waals surface area contributed by atoms with Crippen molar-refractivity contribution in [1.29, 1.82) is 0 Å². The SMILES string of the molecule is Cc1cn2c(n1)CN(C(=O)Cc1ncc3ccc(-c4cnco4)cc3n1)CC2. The first-order chi connectivity index (χ1) is 13.7. The summed E-state index contributed by atoms with van der Waals surface area (Å²) in [5.74, 6) is 2.13. The van der Waals surface area contributed by atoms with Gasteiger partial charge < -0.3 is 13.9 Å². The first kappa shape index (κ1) is 16.6. The highest BCUT2D eigenvalue weighted by Crippen LogP contribution is 2.23. The molecule has 1 aromatic carbocycles. The maximum Gasteiger partial charge on any atom is 0.230 e. The quantitative estimate of drug-likeness (QED) is 0.547. The summed E-state index contributed by atoms with van der Waals surface area (Å²) in [5, 5.41) is 0.912. The second-order valence-electron chi connectivity index (χ2n) is 6.91. The van der Waals surface area contributed by atoms with Gasteiger partial charge in [0.2, 0.25) is 5.91 Å². The second-order valence-corrected chi connectivity index (χ2v) is 6.91. The predicted molar refractivity (Wildman–Crippen MR) is 101 cm³/mol. The van der Waals surface area contributed by atoms with E-state index in [0.717, 1.165) is 34.5 Å². The molecule has 1 amide bonds. The topological polar surface area (TPSA) is 89.9 Å². The Hall–Kier alpha value is -3.55. The van der Waals surface area contributed by atoms with Crippen molar-refractivity contribution in [3.8, 4) is 11.3 Å². The van der Waals surface area contributed by atoms with Gasteiger partial charge >= 0.3 is 0 Å². The molecule has 0 saturated heterocycles. The zero-order valence-corrected chi connectivity index (χ0v) is 15.4. The summed E-state index contributed by atoms with van der Waals surface area (Å²) in [6, 6.07) is 5.80. The molecule has 0 spiro atoms. The Morgan fingerprint density at radius 1 is 1.21 bits per heavy atom. The number of hydrogen-bond acceptors (Lipinski definition) is 6. The smallest absolute Gasteiger partial charge is 0.230 e. The summed E-state index contributed by atoms with van der Waals surface area (Å²) in [4.78, 5) is 32.0. The maximum absolute atomic E-state index is 12.8. The zero-order valence-electron chi connectivity index (χ0n) is 15.4. The van der Waals surface area contributed by atoms with Crippen molar-refractivity contribution < 1.29 is 9.21 Å². The van der Waals surface area contributed by atoms with Gasteiger partial charge in [-0.25, -0.2) is 19.9 Å². The van der Waals surface area contributed by atoms with Crippen molar-refractivity contribution in [3.63, 3.8) is 0 Å². The van der Waals surface area contributed by atoms with Gasteiger partial charge in [-0.15, -0.1) is 0 Å². The van der Waals surface area contributed by atoms with Gasteiger partial charge in [-0.3, -0.25) is 4.79 Å². The van der Waals surface area contributed by atoms with Crippen molar-refractivity contribution in [2.45, 2.75) is 26.4 Å². The Balaban J connectivity index is 1.36. The third kappa shape index (κ3) is 3.02. The Bertz CT molecular complexity index is 1160. The summed E-state index contributed by atoms with van der Waals surface area (Å²) in [6.45, 7) is 3.93. The number of carbonyl (C=O) groups excluding carboxylic acids is 1. The van der Waals surface area contributed by atoms with Crippen LogP contribution in [0.1, 0.15) is 17.3 Å².